The van der Waals surface area contributed by atoms with Gasteiger partial charge in [-0.2, -0.15) is 0 Å². The van der Waals surface area contributed by atoms with E-state index in [4.69, 9.17) is 0 Å². The molecule has 0 unspecified atom stereocenters. The van der Waals surface area contributed by atoms with E-state index >= 15 is 0 Å². The molecule has 3 nitrogen and oxygen atoms in total. The number of hydrogen-bond donors (Lipinski definition) is 1. The second-order valence-corrected chi connectivity index (χ2v) is 4.75. The van der Waals surface area contributed by atoms with Crippen LogP contribution in [-0.4, -0.2) is 10.9 Å². The lowest BCUT2D eigenvalue weighted by atomic mass is 10.1. The number of carbonyl (C=O) groups excluding carboxylic acids is 1. The molecule has 4 heteroatoms. The number of amides is 1. The Hall–Kier alpha value is -3.01. The summed E-state index contributed by atoms with van der Waals surface area (Å²) in [4.78, 5) is 16.3. The summed E-state index contributed by atoms with van der Waals surface area (Å²) in [5.41, 5.74) is 2.29. The van der Waals surface area contributed by atoms with Crippen molar-refractivity contribution < 1.29 is 9.18 Å². The number of fused-ring (bicyclic) bond motifs is 1. The van der Waals surface area contributed by atoms with Gasteiger partial charge in [0, 0.05) is 17.7 Å². The van der Waals surface area contributed by atoms with E-state index in [2.05, 4.69) is 10.3 Å². The molecule has 0 saturated carbocycles. The number of carbonyl (C=O) groups is 1. The lowest BCUT2D eigenvalue weighted by molar-refractivity contribution is -0.111. The summed E-state index contributed by atoms with van der Waals surface area (Å²) in [7, 11) is 0. The number of rotatable bonds is 3. The van der Waals surface area contributed by atoms with Crippen molar-refractivity contribution >= 4 is 28.6 Å². The summed E-state index contributed by atoms with van der Waals surface area (Å²) in [6, 6.07) is 15.2. The number of aromatic nitrogens is 1. The quantitative estimate of drug-likeness (QED) is 0.741. The number of nitrogens with zero attached hydrogens (tertiary/aromatic N) is 1. The molecule has 1 aromatic heterocycles. The van der Waals surface area contributed by atoms with Crippen LogP contribution in [0.15, 0.2) is 66.9 Å². The summed E-state index contributed by atoms with van der Waals surface area (Å²) < 4.78 is 12.8. The van der Waals surface area contributed by atoms with Crippen LogP contribution in [0.3, 0.4) is 0 Å². The van der Waals surface area contributed by atoms with Crippen molar-refractivity contribution in [2.45, 2.75) is 0 Å². The van der Waals surface area contributed by atoms with Gasteiger partial charge in [-0.25, -0.2) is 4.39 Å². The van der Waals surface area contributed by atoms with Gasteiger partial charge in [0.05, 0.1) is 11.2 Å². The minimum Gasteiger partial charge on any atom is -0.322 e. The number of nitrogens with one attached hydrogen (secondary N) is 1. The topological polar surface area (TPSA) is 42.0 Å². The van der Waals surface area contributed by atoms with Gasteiger partial charge in [-0.3, -0.25) is 9.78 Å². The van der Waals surface area contributed by atoms with Gasteiger partial charge in [-0.1, -0.05) is 18.2 Å². The van der Waals surface area contributed by atoms with Crippen LogP contribution in [-0.2, 0) is 4.79 Å². The molecule has 2 aromatic carbocycles. The van der Waals surface area contributed by atoms with E-state index < -0.39 is 0 Å². The van der Waals surface area contributed by atoms with E-state index in [9.17, 15) is 9.18 Å². The van der Waals surface area contributed by atoms with Crippen LogP contribution in [0.5, 0.6) is 0 Å². The van der Waals surface area contributed by atoms with Gasteiger partial charge in [0.25, 0.3) is 0 Å². The maximum atomic E-state index is 12.8. The van der Waals surface area contributed by atoms with Crippen LogP contribution < -0.4 is 5.32 Å². The molecule has 0 atom stereocenters. The summed E-state index contributed by atoms with van der Waals surface area (Å²) in [6.07, 6.45) is 4.77. The molecule has 1 amide bonds. The van der Waals surface area contributed by atoms with Gasteiger partial charge in [-0.15, -0.1) is 0 Å². The molecule has 108 valence electrons. The van der Waals surface area contributed by atoms with Crippen LogP contribution in [0.1, 0.15) is 5.56 Å². The predicted molar refractivity (Wildman–Crippen MR) is 85.8 cm³/mol. The number of anilines is 1. The Morgan fingerprint density at radius 3 is 2.68 bits per heavy atom. The van der Waals surface area contributed by atoms with Crippen LogP contribution >= 0.6 is 0 Å². The fourth-order valence-corrected chi connectivity index (χ4v) is 2.13. The zero-order chi connectivity index (χ0) is 15.4. The maximum absolute atomic E-state index is 12.8. The molecule has 0 fully saturated rings. The lowest BCUT2D eigenvalue weighted by Crippen LogP contribution is -2.08. The Labute approximate surface area is 127 Å². The summed E-state index contributed by atoms with van der Waals surface area (Å²) >= 11 is 0. The first-order valence-electron chi connectivity index (χ1n) is 6.81. The van der Waals surface area contributed by atoms with Crippen molar-refractivity contribution in [3.05, 3.63) is 78.3 Å². The molecular formula is C18H13FN2O. The molecule has 0 aliphatic carbocycles. The van der Waals surface area contributed by atoms with Gasteiger partial charge in [0.1, 0.15) is 5.82 Å². The smallest absolute Gasteiger partial charge is 0.248 e. The Morgan fingerprint density at radius 1 is 1.05 bits per heavy atom. The normalized spacial score (nSPS) is 11.0. The first-order chi connectivity index (χ1) is 10.7. The van der Waals surface area contributed by atoms with Gasteiger partial charge < -0.3 is 5.32 Å². The number of halogens is 1. The number of benzene rings is 2. The van der Waals surface area contributed by atoms with E-state index in [1.807, 2.05) is 30.3 Å². The summed E-state index contributed by atoms with van der Waals surface area (Å²) in [5, 5.41) is 3.71. The second kappa shape index (κ2) is 6.18. The van der Waals surface area contributed by atoms with E-state index in [1.165, 1.54) is 18.2 Å². The standard InChI is InChI=1S/C18H13FN2O/c19-14-9-6-13(7-10-14)8-11-18(22)21-17-5-1-4-16-15(17)3-2-12-20-16/h1-12H,(H,21,22). The molecule has 0 aliphatic heterocycles. The minimum atomic E-state index is -0.301. The van der Waals surface area contributed by atoms with E-state index in [0.717, 1.165) is 16.5 Å². The van der Waals surface area contributed by atoms with Crippen molar-refractivity contribution in [2.24, 2.45) is 0 Å². The molecule has 0 spiro atoms. The Kier molecular flexibility index (Phi) is 3.92. The van der Waals surface area contributed by atoms with Crippen LogP contribution in [0, 0.1) is 5.82 Å². The molecule has 22 heavy (non-hydrogen) atoms. The molecule has 0 bridgehead atoms. The molecule has 1 heterocycles. The lowest BCUT2D eigenvalue weighted by Gasteiger charge is -2.06. The summed E-state index contributed by atoms with van der Waals surface area (Å²) in [5.74, 6) is -0.550. The van der Waals surface area contributed by atoms with Crippen LogP contribution in [0.2, 0.25) is 0 Å². The van der Waals surface area contributed by atoms with Crippen molar-refractivity contribution in [3.8, 4) is 0 Å². The van der Waals surface area contributed by atoms with Crippen molar-refractivity contribution in [2.75, 3.05) is 5.32 Å². The zero-order valence-corrected chi connectivity index (χ0v) is 11.7. The molecule has 0 saturated heterocycles. The summed E-state index contributed by atoms with van der Waals surface area (Å²) in [6.45, 7) is 0. The highest BCUT2D eigenvalue weighted by molar-refractivity contribution is 6.06. The van der Waals surface area contributed by atoms with Gasteiger partial charge in [0.15, 0.2) is 0 Å². The van der Waals surface area contributed by atoms with E-state index in [-0.39, 0.29) is 11.7 Å². The Bertz CT molecular complexity index is 836. The van der Waals surface area contributed by atoms with Crippen LogP contribution in [0.4, 0.5) is 10.1 Å². The fraction of sp³-hybridized carbons (Fsp3) is 0. The average Bonchev–Trinajstić information content (AvgIpc) is 2.55. The molecule has 0 radical (unpaired) electrons. The predicted octanol–water partition coefficient (Wildman–Crippen LogP) is 4.03. The van der Waals surface area contributed by atoms with E-state index in [0.29, 0.717) is 5.69 Å². The molecule has 1 N–H and O–H groups in total. The molecule has 3 aromatic rings. The Balaban J connectivity index is 1.77. The largest absolute Gasteiger partial charge is 0.322 e. The SMILES string of the molecule is O=C(C=Cc1ccc(F)cc1)Nc1cccc2ncccc12. The highest BCUT2D eigenvalue weighted by Gasteiger charge is 2.03. The second-order valence-electron chi connectivity index (χ2n) is 4.75. The third-order valence-corrected chi connectivity index (χ3v) is 3.20. The highest BCUT2D eigenvalue weighted by atomic mass is 19.1. The average molecular weight is 292 g/mol. The monoisotopic (exact) mass is 292 g/mol. The zero-order valence-electron chi connectivity index (χ0n) is 11.7. The Morgan fingerprint density at radius 2 is 1.86 bits per heavy atom. The third-order valence-electron chi connectivity index (χ3n) is 3.20. The highest BCUT2D eigenvalue weighted by Crippen LogP contribution is 2.21. The minimum absolute atomic E-state index is 0.249. The third kappa shape index (κ3) is 3.17. The number of hydrogen-bond acceptors (Lipinski definition) is 2. The van der Waals surface area contributed by atoms with Gasteiger partial charge in [0.2, 0.25) is 5.91 Å². The fourth-order valence-electron chi connectivity index (χ4n) is 2.13. The maximum Gasteiger partial charge on any atom is 0.248 e. The van der Waals surface area contributed by atoms with Crippen molar-refractivity contribution in [1.82, 2.24) is 4.98 Å². The first-order valence-corrected chi connectivity index (χ1v) is 6.81. The molecular weight excluding hydrogens is 279 g/mol. The molecule has 3 rings (SSSR count). The van der Waals surface area contributed by atoms with Crippen molar-refractivity contribution in [3.63, 3.8) is 0 Å². The first kappa shape index (κ1) is 13.9. The van der Waals surface area contributed by atoms with Gasteiger partial charge in [-0.05, 0) is 48.0 Å². The number of pyridine rings is 1. The van der Waals surface area contributed by atoms with Gasteiger partial charge >= 0.3 is 0 Å². The van der Waals surface area contributed by atoms with E-state index in [1.54, 1.807) is 24.4 Å². The van der Waals surface area contributed by atoms with Crippen LogP contribution in [0.25, 0.3) is 17.0 Å². The molecule has 0 aliphatic rings. The van der Waals surface area contributed by atoms with Crippen molar-refractivity contribution in [1.29, 1.82) is 0 Å².